The van der Waals surface area contributed by atoms with Crippen molar-refractivity contribution < 1.29 is 9.59 Å². The third kappa shape index (κ3) is 2.83. The van der Waals surface area contributed by atoms with E-state index in [0.29, 0.717) is 12.6 Å². The zero-order valence-electron chi connectivity index (χ0n) is 11.5. The highest BCUT2D eigenvalue weighted by atomic mass is 16.2. The van der Waals surface area contributed by atoms with Crippen LogP contribution in [0.3, 0.4) is 0 Å². The maximum Gasteiger partial charge on any atom is 0.244 e. The van der Waals surface area contributed by atoms with Crippen LogP contribution in [0.25, 0.3) is 0 Å². The summed E-state index contributed by atoms with van der Waals surface area (Å²) in [5.74, 6) is 0.0891. The Hall–Kier alpha value is -1.10. The van der Waals surface area contributed by atoms with Gasteiger partial charge in [0.15, 0.2) is 0 Å². The van der Waals surface area contributed by atoms with Crippen molar-refractivity contribution in [3.05, 3.63) is 0 Å². The molecule has 18 heavy (non-hydrogen) atoms. The molecule has 102 valence electrons. The molecule has 0 bridgehead atoms. The first kappa shape index (κ1) is 13.3. The van der Waals surface area contributed by atoms with Gasteiger partial charge in [0.05, 0.1) is 6.04 Å². The van der Waals surface area contributed by atoms with Crippen molar-refractivity contribution in [1.29, 1.82) is 0 Å². The van der Waals surface area contributed by atoms with E-state index in [0.717, 1.165) is 12.8 Å². The number of likely N-dealkylation sites (tertiary alicyclic amines) is 1. The molecule has 1 aliphatic carbocycles. The lowest BCUT2D eigenvalue weighted by Gasteiger charge is -2.37. The molecule has 1 aliphatic heterocycles. The molecule has 5 nitrogen and oxygen atoms in total. The van der Waals surface area contributed by atoms with E-state index < -0.39 is 0 Å². The summed E-state index contributed by atoms with van der Waals surface area (Å²) in [5, 5.41) is 3.38. The molecule has 0 aromatic heterocycles. The van der Waals surface area contributed by atoms with Gasteiger partial charge in [-0.15, -0.1) is 0 Å². The quantitative estimate of drug-likeness (QED) is 0.779. The number of carbonyl (C=O) groups excluding carboxylic acids is 2. The molecule has 2 unspecified atom stereocenters. The molecule has 0 aromatic carbocycles. The third-order valence-corrected chi connectivity index (χ3v) is 3.75. The molecule has 2 fully saturated rings. The van der Waals surface area contributed by atoms with E-state index in [2.05, 4.69) is 5.32 Å². The molecule has 1 N–H and O–H groups in total. The lowest BCUT2D eigenvalue weighted by Crippen LogP contribution is -2.57. The van der Waals surface area contributed by atoms with Gasteiger partial charge < -0.3 is 15.1 Å². The van der Waals surface area contributed by atoms with Crippen molar-refractivity contribution in [2.45, 2.75) is 50.7 Å². The monoisotopic (exact) mass is 253 g/mol. The van der Waals surface area contributed by atoms with Gasteiger partial charge in [-0.05, 0) is 32.6 Å². The molecule has 1 saturated carbocycles. The first-order valence-electron chi connectivity index (χ1n) is 6.78. The standard InChI is InChI=1S/C13H23N3O2/c1-9(12(17)15(2)3)16-8-4-5-11(13(16)18)14-10-6-7-10/h9-11,14H,4-8H2,1-3H3. The lowest BCUT2D eigenvalue weighted by atomic mass is 10.0. The van der Waals surface area contributed by atoms with Crippen molar-refractivity contribution in [3.63, 3.8) is 0 Å². The number of hydrogen-bond acceptors (Lipinski definition) is 3. The van der Waals surface area contributed by atoms with Crippen molar-refractivity contribution in [2.75, 3.05) is 20.6 Å². The Balaban J connectivity index is 1.98. The highest BCUT2D eigenvalue weighted by Gasteiger charge is 2.37. The Morgan fingerprint density at radius 3 is 2.61 bits per heavy atom. The zero-order chi connectivity index (χ0) is 13.3. The largest absolute Gasteiger partial charge is 0.347 e. The van der Waals surface area contributed by atoms with Gasteiger partial charge in [-0.2, -0.15) is 0 Å². The fourth-order valence-corrected chi connectivity index (χ4v) is 2.48. The van der Waals surface area contributed by atoms with Gasteiger partial charge in [0.2, 0.25) is 11.8 Å². The molecular formula is C13H23N3O2. The number of nitrogens with zero attached hydrogens (tertiary/aromatic N) is 2. The molecule has 0 spiro atoms. The van der Waals surface area contributed by atoms with Crippen LogP contribution in [0.2, 0.25) is 0 Å². The Bertz CT molecular complexity index is 339. The maximum absolute atomic E-state index is 12.3. The van der Waals surface area contributed by atoms with Crippen LogP contribution in [0.4, 0.5) is 0 Å². The van der Waals surface area contributed by atoms with Crippen molar-refractivity contribution in [1.82, 2.24) is 15.1 Å². The number of piperidine rings is 1. The maximum atomic E-state index is 12.3. The first-order valence-corrected chi connectivity index (χ1v) is 6.78. The fourth-order valence-electron chi connectivity index (χ4n) is 2.48. The van der Waals surface area contributed by atoms with Crippen molar-refractivity contribution >= 4 is 11.8 Å². The molecule has 2 amide bonds. The van der Waals surface area contributed by atoms with Crippen molar-refractivity contribution in [3.8, 4) is 0 Å². The SMILES string of the molecule is CC(C(=O)N(C)C)N1CCCC(NC2CC2)C1=O. The molecular weight excluding hydrogens is 230 g/mol. The van der Waals surface area contributed by atoms with Crippen LogP contribution < -0.4 is 5.32 Å². The van der Waals surface area contributed by atoms with Crippen LogP contribution in [0, 0.1) is 0 Å². The number of carbonyl (C=O) groups is 2. The second-order valence-electron chi connectivity index (χ2n) is 5.58. The van der Waals surface area contributed by atoms with E-state index in [1.165, 1.54) is 12.8 Å². The van der Waals surface area contributed by atoms with Crippen LogP contribution in [-0.4, -0.2) is 60.4 Å². The second kappa shape index (κ2) is 5.26. The van der Waals surface area contributed by atoms with E-state index in [9.17, 15) is 9.59 Å². The van der Waals surface area contributed by atoms with Crippen LogP contribution in [0.1, 0.15) is 32.6 Å². The fraction of sp³-hybridized carbons (Fsp3) is 0.846. The van der Waals surface area contributed by atoms with Crippen LogP contribution in [0.5, 0.6) is 0 Å². The van der Waals surface area contributed by atoms with E-state index in [4.69, 9.17) is 0 Å². The predicted octanol–water partition coefficient (Wildman–Crippen LogP) is 0.206. The number of hydrogen-bond donors (Lipinski definition) is 1. The highest BCUT2D eigenvalue weighted by Crippen LogP contribution is 2.23. The molecule has 0 radical (unpaired) electrons. The summed E-state index contributed by atoms with van der Waals surface area (Å²) in [6.07, 6.45) is 4.22. The van der Waals surface area contributed by atoms with Gasteiger partial charge >= 0.3 is 0 Å². The topological polar surface area (TPSA) is 52.7 Å². The second-order valence-corrected chi connectivity index (χ2v) is 5.58. The van der Waals surface area contributed by atoms with E-state index >= 15 is 0 Å². The van der Waals surface area contributed by atoms with Gasteiger partial charge in [-0.25, -0.2) is 0 Å². The molecule has 1 saturated heterocycles. The molecule has 1 heterocycles. The number of likely N-dealkylation sites (N-methyl/N-ethyl adjacent to an activating group) is 1. The summed E-state index contributed by atoms with van der Waals surface area (Å²) >= 11 is 0. The Morgan fingerprint density at radius 1 is 1.39 bits per heavy atom. The molecule has 2 rings (SSSR count). The predicted molar refractivity (Wildman–Crippen MR) is 69.0 cm³/mol. The van der Waals surface area contributed by atoms with Crippen LogP contribution >= 0.6 is 0 Å². The Kier molecular flexibility index (Phi) is 3.90. The number of amides is 2. The lowest BCUT2D eigenvalue weighted by molar-refractivity contribution is -0.147. The van der Waals surface area contributed by atoms with Gasteiger partial charge in [0, 0.05) is 26.7 Å². The molecule has 5 heteroatoms. The minimum Gasteiger partial charge on any atom is -0.347 e. The van der Waals surface area contributed by atoms with E-state index in [1.54, 1.807) is 23.9 Å². The minimum absolute atomic E-state index is 0.00424. The summed E-state index contributed by atoms with van der Waals surface area (Å²) in [6, 6.07) is 0.0960. The number of rotatable bonds is 4. The summed E-state index contributed by atoms with van der Waals surface area (Å²) in [4.78, 5) is 27.6. The summed E-state index contributed by atoms with van der Waals surface area (Å²) in [5.41, 5.74) is 0. The average molecular weight is 253 g/mol. The molecule has 0 aromatic rings. The zero-order valence-corrected chi connectivity index (χ0v) is 11.5. The number of nitrogens with one attached hydrogen (secondary N) is 1. The Morgan fingerprint density at radius 2 is 2.06 bits per heavy atom. The summed E-state index contributed by atoms with van der Waals surface area (Å²) in [6.45, 7) is 2.52. The van der Waals surface area contributed by atoms with Crippen molar-refractivity contribution in [2.24, 2.45) is 0 Å². The smallest absolute Gasteiger partial charge is 0.244 e. The van der Waals surface area contributed by atoms with Crippen LogP contribution in [-0.2, 0) is 9.59 Å². The normalized spacial score (nSPS) is 26.1. The average Bonchev–Trinajstić information content (AvgIpc) is 3.14. The van der Waals surface area contributed by atoms with Gasteiger partial charge in [0.25, 0.3) is 0 Å². The first-order chi connectivity index (χ1) is 8.50. The van der Waals surface area contributed by atoms with E-state index in [1.807, 2.05) is 6.92 Å². The summed E-state index contributed by atoms with van der Waals surface area (Å²) in [7, 11) is 3.46. The van der Waals surface area contributed by atoms with Gasteiger partial charge in [-0.3, -0.25) is 9.59 Å². The van der Waals surface area contributed by atoms with Gasteiger partial charge in [0.1, 0.15) is 6.04 Å². The summed E-state index contributed by atoms with van der Waals surface area (Å²) < 4.78 is 0. The van der Waals surface area contributed by atoms with Crippen LogP contribution in [0.15, 0.2) is 0 Å². The Labute approximate surface area is 108 Å². The van der Waals surface area contributed by atoms with E-state index in [-0.39, 0.29) is 23.9 Å². The minimum atomic E-state index is -0.351. The molecule has 2 aliphatic rings. The third-order valence-electron chi connectivity index (χ3n) is 3.75. The van der Waals surface area contributed by atoms with Gasteiger partial charge in [-0.1, -0.05) is 0 Å². The molecule has 2 atom stereocenters. The highest BCUT2D eigenvalue weighted by molar-refractivity contribution is 5.89.